The minimum atomic E-state index is -0.439. The Hall–Kier alpha value is -2.91. The smallest absolute Gasteiger partial charge is 0.235 e. The van der Waals surface area contributed by atoms with Crippen LogP contribution in [-0.2, 0) is 14.3 Å². The van der Waals surface area contributed by atoms with Crippen LogP contribution in [0.25, 0.3) is 0 Å². The minimum Gasteiger partial charge on any atom is -0.442 e. The Morgan fingerprint density at radius 3 is 2.62 bits per heavy atom. The number of Topliss-reactive ketones (excluding diaryl/α,β-unsaturated/α-hetero) is 1. The third-order valence-electron chi connectivity index (χ3n) is 5.54. The molecule has 3 aliphatic rings. The number of morpholine rings is 1. The second-order valence-corrected chi connectivity index (χ2v) is 8.45. The van der Waals surface area contributed by atoms with Gasteiger partial charge in [0.2, 0.25) is 5.88 Å². The highest BCUT2D eigenvalue weighted by molar-refractivity contribution is 6.00. The summed E-state index contributed by atoms with van der Waals surface area (Å²) >= 11 is 0. The Balaban J connectivity index is 1.78. The van der Waals surface area contributed by atoms with Crippen molar-refractivity contribution in [2.45, 2.75) is 32.6 Å². The number of hydrogen-bond donors (Lipinski definition) is 0. The first-order valence-electron chi connectivity index (χ1n) is 9.98. The van der Waals surface area contributed by atoms with Gasteiger partial charge in [-0.3, -0.25) is 4.79 Å². The molecule has 1 saturated heterocycles. The lowest BCUT2D eigenvalue weighted by molar-refractivity contribution is -0.119. The number of benzene rings is 1. The molecule has 0 spiro atoms. The molecule has 0 amide bonds. The van der Waals surface area contributed by atoms with Gasteiger partial charge < -0.3 is 14.4 Å². The van der Waals surface area contributed by atoms with E-state index in [1.807, 2.05) is 35.2 Å². The Kier molecular flexibility index (Phi) is 5.25. The van der Waals surface area contributed by atoms with E-state index in [0.29, 0.717) is 43.0 Å². The van der Waals surface area contributed by atoms with Gasteiger partial charge in [0.15, 0.2) is 5.78 Å². The van der Waals surface area contributed by atoms with Crippen LogP contribution in [0.1, 0.15) is 38.2 Å². The molecule has 4 rings (SSSR count). The van der Waals surface area contributed by atoms with Gasteiger partial charge in [0.25, 0.3) is 0 Å². The second kappa shape index (κ2) is 7.84. The molecule has 1 atom stereocenters. The van der Waals surface area contributed by atoms with Gasteiger partial charge in [0.05, 0.1) is 25.5 Å². The van der Waals surface area contributed by atoms with Gasteiger partial charge >= 0.3 is 0 Å². The lowest BCUT2D eigenvalue weighted by Crippen LogP contribution is -2.35. The van der Waals surface area contributed by atoms with Crippen molar-refractivity contribution in [3.63, 3.8) is 0 Å². The van der Waals surface area contributed by atoms with E-state index >= 15 is 0 Å². The molecular weight excluding hydrogens is 366 g/mol. The van der Waals surface area contributed by atoms with Crippen molar-refractivity contribution in [2.75, 3.05) is 26.3 Å². The van der Waals surface area contributed by atoms with Gasteiger partial charge in [-0.25, -0.2) is 4.99 Å². The highest BCUT2D eigenvalue weighted by atomic mass is 16.5. The fourth-order valence-corrected chi connectivity index (χ4v) is 4.14. The van der Waals surface area contributed by atoms with E-state index in [-0.39, 0.29) is 17.1 Å². The third-order valence-corrected chi connectivity index (χ3v) is 5.54. The number of allylic oxidation sites excluding steroid dienone is 3. The summed E-state index contributed by atoms with van der Waals surface area (Å²) in [5.74, 6) is 0.546. The monoisotopic (exact) mass is 391 g/mol. The molecule has 6 heteroatoms. The van der Waals surface area contributed by atoms with Crippen LogP contribution in [0.15, 0.2) is 58.1 Å². The Morgan fingerprint density at radius 2 is 1.93 bits per heavy atom. The number of ether oxygens (including phenoxy) is 2. The molecule has 0 aromatic heterocycles. The maximum atomic E-state index is 13.1. The maximum Gasteiger partial charge on any atom is 0.235 e. The topological polar surface area (TPSA) is 74.9 Å². The first kappa shape index (κ1) is 19.4. The molecule has 0 radical (unpaired) electrons. The summed E-state index contributed by atoms with van der Waals surface area (Å²) in [6.45, 7) is 6.94. The molecule has 29 heavy (non-hydrogen) atoms. The summed E-state index contributed by atoms with van der Waals surface area (Å²) < 4.78 is 11.5. The molecule has 0 bridgehead atoms. The highest BCUT2D eigenvalue weighted by Gasteiger charge is 2.43. The molecule has 2 heterocycles. The summed E-state index contributed by atoms with van der Waals surface area (Å²) in [5, 5.41) is 9.98. The van der Waals surface area contributed by atoms with Crippen LogP contribution in [0.5, 0.6) is 0 Å². The molecule has 1 aliphatic carbocycles. The average molecular weight is 391 g/mol. The standard InChI is InChI=1S/C23H25N3O3/c1-23(2)12-18(27)21-19(13-23)29-22(25-15-26-8-10-28-11-9-26)17(14-24)20(21)16-6-4-3-5-7-16/h3-7,15,20H,8-13H2,1-2H3/t20-/m0/s1. The lowest BCUT2D eigenvalue weighted by atomic mass is 9.70. The van der Waals surface area contributed by atoms with E-state index in [1.54, 1.807) is 6.34 Å². The molecule has 1 fully saturated rings. The Labute approximate surface area is 171 Å². The first-order valence-corrected chi connectivity index (χ1v) is 9.98. The number of aliphatic imine (C=N–C) groups is 1. The summed E-state index contributed by atoms with van der Waals surface area (Å²) in [4.78, 5) is 19.7. The number of ketones is 1. The maximum absolute atomic E-state index is 13.1. The second-order valence-electron chi connectivity index (χ2n) is 8.45. The fraction of sp³-hybridized carbons (Fsp3) is 0.435. The first-order chi connectivity index (χ1) is 14.0. The Morgan fingerprint density at radius 1 is 1.21 bits per heavy atom. The van der Waals surface area contributed by atoms with Crippen LogP contribution in [0.3, 0.4) is 0 Å². The summed E-state index contributed by atoms with van der Waals surface area (Å²) in [7, 11) is 0. The number of carbonyl (C=O) groups excluding carboxylic acids is 1. The average Bonchev–Trinajstić information content (AvgIpc) is 2.71. The van der Waals surface area contributed by atoms with Crippen molar-refractivity contribution in [1.29, 1.82) is 5.26 Å². The molecular formula is C23H25N3O3. The zero-order chi connectivity index (χ0) is 20.4. The number of nitriles is 1. The van der Waals surface area contributed by atoms with E-state index in [9.17, 15) is 10.1 Å². The SMILES string of the molecule is CC1(C)CC(=O)C2=C(C1)OC(N=CN1CCOCC1)=C(C#N)[C@@H]2c1ccccc1. The van der Waals surface area contributed by atoms with Gasteiger partial charge in [-0.2, -0.15) is 5.26 Å². The van der Waals surface area contributed by atoms with E-state index < -0.39 is 5.92 Å². The highest BCUT2D eigenvalue weighted by Crippen LogP contribution is 2.48. The predicted molar refractivity (Wildman–Crippen MR) is 109 cm³/mol. The summed E-state index contributed by atoms with van der Waals surface area (Å²) in [5.41, 5.74) is 1.72. The van der Waals surface area contributed by atoms with Gasteiger partial charge in [0.1, 0.15) is 17.4 Å². The zero-order valence-corrected chi connectivity index (χ0v) is 16.9. The van der Waals surface area contributed by atoms with Gasteiger partial charge in [0, 0.05) is 31.5 Å². The molecule has 150 valence electrons. The van der Waals surface area contributed by atoms with Crippen LogP contribution >= 0.6 is 0 Å². The van der Waals surface area contributed by atoms with Gasteiger partial charge in [-0.1, -0.05) is 44.2 Å². The van der Waals surface area contributed by atoms with Gasteiger partial charge in [-0.05, 0) is 11.0 Å². The molecule has 1 aromatic rings. The fourth-order valence-electron chi connectivity index (χ4n) is 4.14. The van der Waals surface area contributed by atoms with Crippen molar-refractivity contribution in [1.82, 2.24) is 4.90 Å². The molecule has 0 N–H and O–H groups in total. The minimum absolute atomic E-state index is 0.0501. The zero-order valence-electron chi connectivity index (χ0n) is 16.9. The van der Waals surface area contributed by atoms with Crippen molar-refractivity contribution in [3.8, 4) is 6.07 Å². The van der Waals surface area contributed by atoms with Crippen LogP contribution < -0.4 is 0 Å². The summed E-state index contributed by atoms with van der Waals surface area (Å²) in [6.07, 6.45) is 2.81. The van der Waals surface area contributed by atoms with E-state index in [0.717, 1.165) is 18.7 Å². The van der Waals surface area contributed by atoms with Crippen molar-refractivity contribution < 1.29 is 14.3 Å². The quantitative estimate of drug-likeness (QED) is 0.582. The molecule has 2 aliphatic heterocycles. The normalized spacial score (nSPS) is 24.4. The van der Waals surface area contributed by atoms with E-state index in [2.05, 4.69) is 24.9 Å². The largest absolute Gasteiger partial charge is 0.442 e. The molecule has 1 aromatic carbocycles. The van der Waals surface area contributed by atoms with E-state index in [1.165, 1.54) is 0 Å². The van der Waals surface area contributed by atoms with Crippen LogP contribution in [0.4, 0.5) is 0 Å². The van der Waals surface area contributed by atoms with Crippen LogP contribution in [0, 0.1) is 16.7 Å². The third kappa shape index (κ3) is 3.96. The van der Waals surface area contributed by atoms with E-state index in [4.69, 9.17) is 9.47 Å². The van der Waals surface area contributed by atoms with Crippen LogP contribution in [-0.4, -0.2) is 43.3 Å². The predicted octanol–water partition coefficient (Wildman–Crippen LogP) is 3.54. The van der Waals surface area contributed by atoms with Crippen LogP contribution in [0.2, 0.25) is 0 Å². The van der Waals surface area contributed by atoms with Crippen molar-refractivity contribution in [2.24, 2.45) is 10.4 Å². The number of hydrogen-bond acceptors (Lipinski definition) is 5. The van der Waals surface area contributed by atoms with Crippen molar-refractivity contribution in [3.05, 3.63) is 58.7 Å². The van der Waals surface area contributed by atoms with Crippen molar-refractivity contribution >= 4 is 12.1 Å². The molecule has 0 saturated carbocycles. The Bertz CT molecular complexity index is 932. The van der Waals surface area contributed by atoms with Gasteiger partial charge in [-0.15, -0.1) is 0 Å². The molecule has 0 unspecified atom stereocenters. The number of nitrogens with zero attached hydrogens (tertiary/aromatic N) is 3. The summed E-state index contributed by atoms with van der Waals surface area (Å²) in [6, 6.07) is 12.0. The number of rotatable bonds is 3. The lowest BCUT2D eigenvalue weighted by Gasteiger charge is -2.37. The molecule has 6 nitrogen and oxygen atoms in total. The number of carbonyl (C=O) groups is 1.